The molecule has 3 rings (SSSR count). The van der Waals surface area contributed by atoms with Crippen molar-refractivity contribution in [2.75, 3.05) is 16.8 Å². The highest BCUT2D eigenvalue weighted by molar-refractivity contribution is 7.09. The number of thiazole rings is 1. The number of para-hydroxylation sites is 2. The van der Waals surface area contributed by atoms with Crippen LogP contribution in [-0.4, -0.2) is 23.3 Å². The van der Waals surface area contributed by atoms with Crippen molar-refractivity contribution in [1.82, 2.24) is 4.98 Å². The van der Waals surface area contributed by atoms with Crippen molar-refractivity contribution in [3.05, 3.63) is 46.4 Å². The van der Waals surface area contributed by atoms with Crippen LogP contribution >= 0.6 is 11.3 Å². The predicted molar refractivity (Wildman–Crippen MR) is 92.5 cm³/mol. The van der Waals surface area contributed by atoms with Crippen molar-refractivity contribution in [3.8, 4) is 0 Å². The van der Waals surface area contributed by atoms with Gasteiger partial charge in [0, 0.05) is 24.4 Å². The summed E-state index contributed by atoms with van der Waals surface area (Å²) in [6, 6.07) is 7.36. The first-order chi connectivity index (χ1) is 11.1. The first-order valence-electron chi connectivity index (χ1n) is 7.44. The molecule has 23 heavy (non-hydrogen) atoms. The SMILES string of the molecule is Cc1nc(/C=C/C(=O)Nc2ccccc2N2CCCC2=O)cs1. The van der Waals surface area contributed by atoms with Crippen molar-refractivity contribution >= 4 is 40.6 Å². The van der Waals surface area contributed by atoms with Crippen LogP contribution in [0.2, 0.25) is 0 Å². The molecule has 0 aliphatic carbocycles. The first-order valence-corrected chi connectivity index (χ1v) is 8.32. The molecular formula is C17H17N3O2S. The first kappa shape index (κ1) is 15.4. The van der Waals surface area contributed by atoms with Crippen molar-refractivity contribution in [1.29, 1.82) is 0 Å². The Balaban J connectivity index is 1.73. The van der Waals surface area contributed by atoms with Gasteiger partial charge in [-0.25, -0.2) is 4.98 Å². The zero-order valence-electron chi connectivity index (χ0n) is 12.8. The summed E-state index contributed by atoms with van der Waals surface area (Å²) >= 11 is 1.54. The van der Waals surface area contributed by atoms with Gasteiger partial charge in [0.2, 0.25) is 11.8 Å². The van der Waals surface area contributed by atoms with Gasteiger partial charge in [-0.05, 0) is 31.6 Å². The van der Waals surface area contributed by atoms with E-state index in [1.807, 2.05) is 30.5 Å². The summed E-state index contributed by atoms with van der Waals surface area (Å²) in [7, 11) is 0. The van der Waals surface area contributed by atoms with E-state index in [0.717, 1.165) is 22.8 Å². The van der Waals surface area contributed by atoms with Crippen LogP contribution in [0.5, 0.6) is 0 Å². The third-order valence-electron chi connectivity index (χ3n) is 3.57. The Morgan fingerprint density at radius 3 is 2.91 bits per heavy atom. The molecular weight excluding hydrogens is 310 g/mol. The number of aromatic nitrogens is 1. The number of nitrogens with zero attached hydrogens (tertiary/aromatic N) is 2. The lowest BCUT2D eigenvalue weighted by Crippen LogP contribution is -2.25. The van der Waals surface area contributed by atoms with E-state index < -0.39 is 0 Å². The van der Waals surface area contributed by atoms with Gasteiger partial charge < -0.3 is 10.2 Å². The minimum absolute atomic E-state index is 0.0974. The highest BCUT2D eigenvalue weighted by atomic mass is 32.1. The summed E-state index contributed by atoms with van der Waals surface area (Å²) < 4.78 is 0. The minimum Gasteiger partial charge on any atom is -0.321 e. The quantitative estimate of drug-likeness (QED) is 0.877. The normalized spacial score (nSPS) is 14.7. The minimum atomic E-state index is -0.241. The van der Waals surface area contributed by atoms with Gasteiger partial charge >= 0.3 is 0 Å². The maximum atomic E-state index is 12.1. The van der Waals surface area contributed by atoms with Crippen LogP contribution in [0.15, 0.2) is 35.7 Å². The fraction of sp³-hybridized carbons (Fsp3) is 0.235. The molecule has 0 saturated carbocycles. The molecule has 1 aromatic heterocycles. The smallest absolute Gasteiger partial charge is 0.248 e. The number of nitrogens with one attached hydrogen (secondary N) is 1. The monoisotopic (exact) mass is 327 g/mol. The van der Waals surface area contributed by atoms with Gasteiger partial charge in [0.25, 0.3) is 0 Å². The van der Waals surface area contributed by atoms with Crippen LogP contribution in [0, 0.1) is 6.92 Å². The second kappa shape index (κ2) is 6.75. The van der Waals surface area contributed by atoms with Crippen LogP contribution in [-0.2, 0) is 9.59 Å². The second-order valence-electron chi connectivity index (χ2n) is 5.28. The largest absolute Gasteiger partial charge is 0.321 e. The van der Waals surface area contributed by atoms with Crippen molar-refractivity contribution in [3.63, 3.8) is 0 Å². The van der Waals surface area contributed by atoms with Crippen molar-refractivity contribution < 1.29 is 9.59 Å². The number of hydrogen-bond acceptors (Lipinski definition) is 4. The van der Waals surface area contributed by atoms with Gasteiger partial charge in [-0.1, -0.05) is 12.1 Å². The number of aryl methyl sites for hydroxylation is 1. The number of hydrogen-bond donors (Lipinski definition) is 1. The summed E-state index contributed by atoms with van der Waals surface area (Å²) in [5.74, 6) is -0.144. The molecule has 1 fully saturated rings. The topological polar surface area (TPSA) is 62.3 Å². The number of anilines is 2. The predicted octanol–water partition coefficient (Wildman–Crippen LogP) is 3.23. The molecule has 0 unspecified atom stereocenters. The lowest BCUT2D eigenvalue weighted by molar-refractivity contribution is -0.117. The fourth-order valence-electron chi connectivity index (χ4n) is 2.51. The number of rotatable bonds is 4. The highest BCUT2D eigenvalue weighted by Gasteiger charge is 2.23. The van der Waals surface area contributed by atoms with E-state index in [1.165, 1.54) is 6.08 Å². The van der Waals surface area contributed by atoms with Crippen LogP contribution in [0.4, 0.5) is 11.4 Å². The van der Waals surface area contributed by atoms with Crippen LogP contribution in [0.1, 0.15) is 23.5 Å². The summed E-state index contributed by atoms with van der Waals surface area (Å²) in [6.45, 7) is 2.62. The Hall–Kier alpha value is -2.47. The average molecular weight is 327 g/mol. The molecule has 1 saturated heterocycles. The fourth-order valence-corrected chi connectivity index (χ4v) is 3.09. The molecule has 1 aromatic carbocycles. The van der Waals surface area contributed by atoms with Gasteiger partial charge in [-0.15, -0.1) is 11.3 Å². The van der Waals surface area contributed by atoms with E-state index in [4.69, 9.17) is 0 Å². The number of carbonyl (C=O) groups excluding carboxylic acids is 2. The Morgan fingerprint density at radius 1 is 1.39 bits per heavy atom. The second-order valence-corrected chi connectivity index (χ2v) is 6.34. The summed E-state index contributed by atoms with van der Waals surface area (Å²) in [5.41, 5.74) is 2.17. The van der Waals surface area contributed by atoms with E-state index >= 15 is 0 Å². The third kappa shape index (κ3) is 3.65. The maximum Gasteiger partial charge on any atom is 0.248 e. The number of amides is 2. The molecule has 0 spiro atoms. The van der Waals surface area contributed by atoms with Crippen LogP contribution in [0.3, 0.4) is 0 Å². The van der Waals surface area contributed by atoms with Crippen molar-refractivity contribution in [2.45, 2.75) is 19.8 Å². The lowest BCUT2D eigenvalue weighted by Gasteiger charge is -2.19. The van der Waals surface area contributed by atoms with Crippen molar-refractivity contribution in [2.24, 2.45) is 0 Å². The highest BCUT2D eigenvalue weighted by Crippen LogP contribution is 2.29. The molecule has 2 heterocycles. The molecule has 2 aromatic rings. The zero-order chi connectivity index (χ0) is 16.2. The van der Waals surface area contributed by atoms with Gasteiger partial charge in [0.05, 0.1) is 22.1 Å². The Labute approximate surface area is 138 Å². The van der Waals surface area contributed by atoms with Gasteiger partial charge in [0.1, 0.15) is 0 Å². The summed E-state index contributed by atoms with van der Waals surface area (Å²) in [6.07, 6.45) is 4.55. The zero-order valence-corrected chi connectivity index (χ0v) is 13.6. The molecule has 118 valence electrons. The van der Waals surface area contributed by atoms with E-state index in [9.17, 15) is 9.59 Å². The molecule has 0 bridgehead atoms. The molecule has 0 radical (unpaired) electrons. The number of carbonyl (C=O) groups is 2. The average Bonchev–Trinajstić information content (AvgIpc) is 3.14. The van der Waals surface area contributed by atoms with Crippen LogP contribution < -0.4 is 10.2 Å². The molecule has 2 amide bonds. The van der Waals surface area contributed by atoms with Gasteiger partial charge in [0.15, 0.2) is 0 Å². The third-order valence-corrected chi connectivity index (χ3v) is 4.36. The summed E-state index contributed by atoms with van der Waals surface area (Å²) in [5, 5.41) is 5.70. The number of benzene rings is 1. The Kier molecular flexibility index (Phi) is 4.52. The van der Waals surface area contributed by atoms with E-state index in [0.29, 0.717) is 18.7 Å². The van der Waals surface area contributed by atoms with E-state index in [1.54, 1.807) is 28.4 Å². The Bertz CT molecular complexity index is 767. The molecule has 0 atom stereocenters. The molecule has 5 nitrogen and oxygen atoms in total. The van der Waals surface area contributed by atoms with Crippen LogP contribution in [0.25, 0.3) is 6.08 Å². The molecule has 1 aliphatic heterocycles. The maximum absolute atomic E-state index is 12.1. The Morgan fingerprint density at radius 2 is 2.22 bits per heavy atom. The van der Waals surface area contributed by atoms with E-state index in [2.05, 4.69) is 10.3 Å². The molecule has 6 heteroatoms. The lowest BCUT2D eigenvalue weighted by atomic mass is 10.2. The van der Waals surface area contributed by atoms with E-state index in [-0.39, 0.29) is 11.8 Å². The molecule has 1 N–H and O–H groups in total. The summed E-state index contributed by atoms with van der Waals surface area (Å²) in [4.78, 5) is 30.0. The molecule has 1 aliphatic rings. The van der Waals surface area contributed by atoms with Gasteiger partial charge in [-0.2, -0.15) is 0 Å². The van der Waals surface area contributed by atoms with Gasteiger partial charge in [-0.3, -0.25) is 9.59 Å². The standard InChI is InChI=1S/C17H17N3O2S/c1-12-18-13(11-23-12)8-9-16(21)19-14-5-2-3-6-15(14)20-10-4-7-17(20)22/h2-3,5-6,8-9,11H,4,7,10H2,1H3,(H,19,21)/b9-8+.